The molecular formula is C6H12NO2W-. The molecule has 0 saturated heterocycles. The zero-order valence-electron chi connectivity index (χ0n) is 6.67. The van der Waals surface area contributed by atoms with Gasteiger partial charge in [-0.25, -0.2) is 0 Å². The second-order valence-electron chi connectivity index (χ2n) is 2.70. The molecule has 0 aromatic rings. The van der Waals surface area contributed by atoms with Gasteiger partial charge in [0.25, 0.3) is 0 Å². The van der Waals surface area contributed by atoms with E-state index in [-0.39, 0.29) is 21.1 Å². The van der Waals surface area contributed by atoms with Crippen molar-refractivity contribution < 1.29 is 30.6 Å². The van der Waals surface area contributed by atoms with Crippen molar-refractivity contribution in [3.8, 4) is 0 Å². The van der Waals surface area contributed by atoms with E-state index < -0.39 is 11.7 Å². The third-order valence-corrected chi connectivity index (χ3v) is 0.576. The second kappa shape index (κ2) is 4.72. The van der Waals surface area contributed by atoms with Crippen LogP contribution in [0.15, 0.2) is 0 Å². The average Bonchev–Trinajstić information content (AvgIpc) is 1.62. The van der Waals surface area contributed by atoms with Crippen molar-refractivity contribution in [2.45, 2.75) is 26.4 Å². The van der Waals surface area contributed by atoms with E-state index in [1.165, 1.54) is 7.05 Å². The summed E-state index contributed by atoms with van der Waals surface area (Å²) in [5.41, 5.74) is -0.420. The molecule has 10 heavy (non-hydrogen) atoms. The number of carbonyl (C=O) groups is 1. The molecule has 60 valence electrons. The van der Waals surface area contributed by atoms with Gasteiger partial charge in [-0.3, -0.25) is 4.79 Å². The van der Waals surface area contributed by atoms with E-state index in [0.29, 0.717) is 0 Å². The summed E-state index contributed by atoms with van der Waals surface area (Å²) in [6.45, 7) is 5.40. The molecule has 0 aromatic heterocycles. The first kappa shape index (κ1) is 12.6. The number of nitrogens with zero attached hydrogens (tertiary/aromatic N) is 1. The molecule has 3 nitrogen and oxygen atoms in total. The van der Waals surface area contributed by atoms with Crippen molar-refractivity contribution >= 4 is 6.09 Å². The van der Waals surface area contributed by atoms with Gasteiger partial charge in [-0.2, -0.15) is 0 Å². The van der Waals surface area contributed by atoms with Crippen LogP contribution in [0.4, 0.5) is 4.79 Å². The number of hydrogen-bond donors (Lipinski definition) is 0. The topological polar surface area (TPSA) is 40.4 Å². The Labute approximate surface area is 75.8 Å². The van der Waals surface area contributed by atoms with E-state index in [2.05, 4.69) is 5.32 Å². The zero-order chi connectivity index (χ0) is 7.49. The largest absolute Gasteiger partial charge is 0.620 e. The van der Waals surface area contributed by atoms with Crippen LogP contribution in [0.1, 0.15) is 20.8 Å². The molecule has 0 fully saturated rings. The molecule has 1 amide bonds. The molecule has 4 heteroatoms. The van der Waals surface area contributed by atoms with E-state index in [4.69, 9.17) is 4.74 Å². The van der Waals surface area contributed by atoms with Crippen LogP contribution in [0.2, 0.25) is 0 Å². The first-order valence-corrected chi connectivity index (χ1v) is 2.78. The number of rotatable bonds is 0. The van der Waals surface area contributed by atoms with Crippen LogP contribution in [-0.4, -0.2) is 18.7 Å². The van der Waals surface area contributed by atoms with Crippen LogP contribution in [0.5, 0.6) is 0 Å². The summed E-state index contributed by atoms with van der Waals surface area (Å²) in [5, 5.41) is 3.31. The van der Waals surface area contributed by atoms with Crippen LogP contribution in [0.25, 0.3) is 5.32 Å². The second-order valence-corrected chi connectivity index (χ2v) is 2.70. The summed E-state index contributed by atoms with van der Waals surface area (Å²) in [6.07, 6.45) is -0.512. The van der Waals surface area contributed by atoms with Crippen molar-refractivity contribution in [2.24, 2.45) is 0 Å². The van der Waals surface area contributed by atoms with Gasteiger partial charge in [0.1, 0.15) is 5.60 Å². The molecule has 0 unspecified atom stereocenters. The molecule has 0 N–H and O–H groups in total. The van der Waals surface area contributed by atoms with Crippen LogP contribution < -0.4 is 0 Å². The SMILES string of the molecule is C[N-]C(=O)OC(C)(C)C.[W]. The summed E-state index contributed by atoms with van der Waals surface area (Å²) in [4.78, 5) is 10.4. The van der Waals surface area contributed by atoms with Crippen molar-refractivity contribution in [3.05, 3.63) is 5.32 Å². The normalized spacial score (nSPS) is 9.60. The standard InChI is InChI=1S/C6H13NO2.W/c1-6(2,3)9-5(8)7-4;/h1-4H3,(H,7,8);/p-1. The molecule has 0 radical (unpaired) electrons. The molecule has 0 bridgehead atoms. The Morgan fingerprint density at radius 3 is 1.90 bits per heavy atom. The molecule has 0 aliphatic carbocycles. The molecular weight excluding hydrogens is 302 g/mol. The Bertz CT molecular complexity index is 109. The summed E-state index contributed by atoms with van der Waals surface area (Å²) < 4.78 is 4.78. The first-order valence-electron chi connectivity index (χ1n) is 2.78. The molecule has 0 aromatic carbocycles. The minimum absolute atomic E-state index is 0. The van der Waals surface area contributed by atoms with E-state index in [1.54, 1.807) is 20.8 Å². The van der Waals surface area contributed by atoms with E-state index in [1.807, 2.05) is 0 Å². The Morgan fingerprint density at radius 1 is 1.40 bits per heavy atom. The van der Waals surface area contributed by atoms with Crippen LogP contribution in [0, 0.1) is 0 Å². The van der Waals surface area contributed by atoms with E-state index in [9.17, 15) is 4.79 Å². The number of hydrogen-bond acceptors (Lipinski definition) is 2. The van der Waals surface area contributed by atoms with Gasteiger partial charge in [0.2, 0.25) is 6.09 Å². The maximum atomic E-state index is 10.4. The molecule has 0 spiro atoms. The Balaban J connectivity index is 0. The Morgan fingerprint density at radius 2 is 1.80 bits per heavy atom. The molecule has 0 aliphatic rings. The van der Waals surface area contributed by atoms with Gasteiger partial charge in [0.15, 0.2) is 0 Å². The van der Waals surface area contributed by atoms with Gasteiger partial charge in [-0.1, -0.05) is 0 Å². The molecule has 0 saturated carbocycles. The summed E-state index contributed by atoms with van der Waals surface area (Å²) in [6, 6.07) is 0. The van der Waals surface area contributed by atoms with Gasteiger partial charge in [-0.15, -0.1) is 7.05 Å². The van der Waals surface area contributed by atoms with E-state index >= 15 is 0 Å². The number of amides is 1. The summed E-state index contributed by atoms with van der Waals surface area (Å²) >= 11 is 0. The maximum absolute atomic E-state index is 10.4. The van der Waals surface area contributed by atoms with Crippen molar-refractivity contribution in [1.29, 1.82) is 0 Å². The monoisotopic (exact) mass is 314 g/mol. The quantitative estimate of drug-likeness (QED) is 0.685. The first-order chi connectivity index (χ1) is 3.95. The minimum atomic E-state index is -0.512. The van der Waals surface area contributed by atoms with Crippen LogP contribution in [0.3, 0.4) is 0 Å². The summed E-state index contributed by atoms with van der Waals surface area (Å²) in [7, 11) is 1.41. The fraction of sp³-hybridized carbons (Fsp3) is 0.833. The Kier molecular flexibility index (Phi) is 5.96. The van der Waals surface area contributed by atoms with Crippen molar-refractivity contribution in [1.82, 2.24) is 0 Å². The fourth-order valence-electron chi connectivity index (χ4n) is 0.308. The van der Waals surface area contributed by atoms with Gasteiger partial charge >= 0.3 is 0 Å². The van der Waals surface area contributed by atoms with Gasteiger partial charge in [0.05, 0.1) is 0 Å². The predicted molar refractivity (Wildman–Crippen MR) is 35.5 cm³/mol. The number of carbonyl (C=O) groups excluding carboxylic acids is 1. The number of ether oxygens (including phenoxy) is 1. The fourth-order valence-corrected chi connectivity index (χ4v) is 0.308. The Hall–Kier alpha value is -0.0417. The van der Waals surface area contributed by atoms with Gasteiger partial charge in [-0.05, 0) is 20.8 Å². The van der Waals surface area contributed by atoms with Gasteiger partial charge in [0, 0.05) is 21.1 Å². The smallest absolute Gasteiger partial charge is 0.229 e. The zero-order valence-corrected chi connectivity index (χ0v) is 9.61. The molecule has 0 aliphatic heterocycles. The maximum Gasteiger partial charge on any atom is 0.229 e. The third-order valence-electron chi connectivity index (χ3n) is 0.576. The molecule has 0 rings (SSSR count). The summed E-state index contributed by atoms with van der Waals surface area (Å²) in [5.74, 6) is 0. The van der Waals surface area contributed by atoms with E-state index in [0.717, 1.165) is 0 Å². The van der Waals surface area contributed by atoms with Crippen LogP contribution in [-0.2, 0) is 25.8 Å². The van der Waals surface area contributed by atoms with Crippen LogP contribution >= 0.6 is 0 Å². The van der Waals surface area contributed by atoms with Crippen molar-refractivity contribution in [2.75, 3.05) is 7.05 Å². The molecule has 0 heterocycles. The minimum Gasteiger partial charge on any atom is -0.620 e. The predicted octanol–water partition coefficient (Wildman–Crippen LogP) is 1.92. The van der Waals surface area contributed by atoms with Crippen molar-refractivity contribution in [3.63, 3.8) is 0 Å². The molecule has 0 atom stereocenters. The average molecular weight is 314 g/mol. The third kappa shape index (κ3) is 7.96. The van der Waals surface area contributed by atoms with Gasteiger partial charge < -0.3 is 10.1 Å².